The molecule has 0 aromatic rings. The van der Waals surface area contributed by atoms with Crippen LogP contribution < -0.4 is 5.32 Å². The van der Waals surface area contributed by atoms with Gasteiger partial charge in [0.05, 0.1) is 11.2 Å². The predicted molar refractivity (Wildman–Crippen MR) is 86.6 cm³/mol. The number of carbonyl (C=O) groups excluding carboxylic acids is 1. The lowest BCUT2D eigenvalue weighted by Crippen LogP contribution is -2.41. The molecule has 2 aliphatic heterocycles. The highest BCUT2D eigenvalue weighted by Gasteiger charge is 2.53. The first kappa shape index (κ1) is 16.8. The Balaban J connectivity index is 1.64. The lowest BCUT2D eigenvalue weighted by molar-refractivity contribution is 0.00578. The molecule has 7 heteroatoms. The number of hydrogen-bond donors (Lipinski definition) is 1. The first-order valence-electron chi connectivity index (χ1n) is 8.49. The molecular formula is C16H26BFN2O3. The highest BCUT2D eigenvalue weighted by molar-refractivity contribution is 6.53. The molecule has 1 aliphatic carbocycles. The smallest absolute Gasteiger partial charge is 0.398 e. The van der Waals surface area contributed by atoms with Crippen molar-refractivity contribution in [1.29, 1.82) is 0 Å². The molecule has 3 rings (SSSR count). The van der Waals surface area contributed by atoms with Gasteiger partial charge in [-0.3, -0.25) is 0 Å². The fraction of sp³-hybridized carbons (Fsp3) is 0.812. The van der Waals surface area contributed by atoms with Crippen LogP contribution in [-0.4, -0.2) is 48.4 Å². The third-order valence-electron chi connectivity index (χ3n) is 5.69. The van der Waals surface area contributed by atoms with Gasteiger partial charge in [-0.2, -0.15) is 0 Å². The van der Waals surface area contributed by atoms with E-state index < -0.39 is 18.3 Å². The van der Waals surface area contributed by atoms with Crippen molar-refractivity contribution in [3.05, 3.63) is 11.3 Å². The Hall–Kier alpha value is -1.08. The first-order valence-corrected chi connectivity index (χ1v) is 8.49. The standard InChI is InChI=1S/C16H26BFN2O3/c1-15(2)16(3,4)23-17(22-15)13(18)11-5-7-12(8-6-11)20-10-9-19-14(20)21/h12H,5-10H2,1-4H3,(H,19,21). The van der Waals surface area contributed by atoms with Crippen molar-refractivity contribution in [2.45, 2.75) is 70.6 Å². The van der Waals surface area contributed by atoms with E-state index in [1.165, 1.54) is 0 Å². The fourth-order valence-electron chi connectivity index (χ4n) is 3.45. The van der Waals surface area contributed by atoms with Gasteiger partial charge in [0.25, 0.3) is 0 Å². The largest absolute Gasteiger partial charge is 0.525 e. The van der Waals surface area contributed by atoms with Crippen LogP contribution in [0.1, 0.15) is 53.4 Å². The second-order valence-corrected chi connectivity index (χ2v) is 7.70. The van der Waals surface area contributed by atoms with Crippen LogP contribution in [0.4, 0.5) is 9.18 Å². The summed E-state index contributed by atoms with van der Waals surface area (Å²) < 4.78 is 26.4. The number of rotatable bonds is 2. The minimum atomic E-state index is -0.901. The summed E-state index contributed by atoms with van der Waals surface area (Å²) in [5, 5.41) is 2.82. The number of nitrogens with zero attached hydrogens (tertiary/aromatic N) is 1. The van der Waals surface area contributed by atoms with Crippen molar-refractivity contribution in [3.8, 4) is 0 Å². The van der Waals surface area contributed by atoms with Gasteiger partial charge in [0.15, 0.2) is 0 Å². The maximum atomic E-state index is 14.8. The van der Waals surface area contributed by atoms with Gasteiger partial charge in [0, 0.05) is 19.1 Å². The second-order valence-electron chi connectivity index (χ2n) is 7.70. The number of nitrogens with one attached hydrogen (secondary N) is 1. The van der Waals surface area contributed by atoms with E-state index in [0.29, 0.717) is 19.4 Å². The van der Waals surface area contributed by atoms with Gasteiger partial charge in [-0.25, -0.2) is 9.18 Å². The lowest BCUT2D eigenvalue weighted by Gasteiger charge is -2.32. The third-order valence-corrected chi connectivity index (χ3v) is 5.69. The van der Waals surface area contributed by atoms with E-state index in [-0.39, 0.29) is 17.8 Å². The van der Waals surface area contributed by atoms with Gasteiger partial charge in [-0.1, -0.05) is 0 Å². The maximum Gasteiger partial charge on any atom is 0.525 e. The molecule has 0 radical (unpaired) electrons. The van der Waals surface area contributed by atoms with Crippen LogP contribution in [0.2, 0.25) is 0 Å². The molecule has 0 spiro atoms. The normalized spacial score (nSPS) is 29.9. The van der Waals surface area contributed by atoms with Crippen LogP contribution in [0.25, 0.3) is 0 Å². The van der Waals surface area contributed by atoms with Gasteiger partial charge in [-0.15, -0.1) is 0 Å². The third kappa shape index (κ3) is 3.01. The Bertz CT molecular complexity index is 509. The van der Waals surface area contributed by atoms with E-state index in [2.05, 4.69) is 5.32 Å². The average molecular weight is 324 g/mol. The number of halogens is 1. The number of hydrogen-bond acceptors (Lipinski definition) is 3. The molecule has 2 heterocycles. The zero-order chi connectivity index (χ0) is 16.8. The highest BCUT2D eigenvalue weighted by Crippen LogP contribution is 2.41. The molecule has 3 fully saturated rings. The van der Waals surface area contributed by atoms with E-state index in [1.54, 1.807) is 0 Å². The average Bonchev–Trinajstić information content (AvgIpc) is 2.99. The SMILES string of the molecule is CC1(C)OB(C(F)=C2CCC(N3CCNC3=O)CC2)OC1(C)C. The predicted octanol–water partition coefficient (Wildman–Crippen LogP) is 2.81. The fourth-order valence-corrected chi connectivity index (χ4v) is 3.45. The first-order chi connectivity index (χ1) is 10.7. The Morgan fingerprint density at radius 1 is 1.22 bits per heavy atom. The van der Waals surface area contributed by atoms with Crippen molar-refractivity contribution in [3.63, 3.8) is 0 Å². The summed E-state index contributed by atoms with van der Waals surface area (Å²) in [5.41, 5.74) is -0.548. The van der Waals surface area contributed by atoms with E-state index in [4.69, 9.17) is 9.31 Å². The molecular weight excluding hydrogens is 298 g/mol. The Labute approximate surface area is 137 Å². The van der Waals surface area contributed by atoms with Gasteiger partial charge in [-0.05, 0) is 59.0 Å². The molecule has 1 N–H and O–H groups in total. The van der Waals surface area contributed by atoms with Crippen LogP contribution in [0.5, 0.6) is 0 Å². The minimum absolute atomic E-state index is 0.00820. The van der Waals surface area contributed by atoms with Gasteiger partial charge in [0.1, 0.15) is 5.73 Å². The van der Waals surface area contributed by atoms with E-state index in [1.807, 2.05) is 32.6 Å². The Morgan fingerprint density at radius 2 is 1.78 bits per heavy atom. The van der Waals surface area contributed by atoms with E-state index in [9.17, 15) is 9.18 Å². The summed E-state index contributed by atoms with van der Waals surface area (Å²) in [4.78, 5) is 13.6. The monoisotopic (exact) mass is 324 g/mol. The summed E-state index contributed by atoms with van der Waals surface area (Å²) in [6, 6.07) is 0.223. The number of urea groups is 1. The highest BCUT2D eigenvalue weighted by atomic mass is 19.1. The lowest BCUT2D eigenvalue weighted by atomic mass is 9.79. The van der Waals surface area contributed by atoms with Crippen LogP contribution in [0, 0.1) is 0 Å². The van der Waals surface area contributed by atoms with Crippen LogP contribution in [0.3, 0.4) is 0 Å². The van der Waals surface area contributed by atoms with Crippen LogP contribution in [-0.2, 0) is 9.31 Å². The molecule has 0 atom stereocenters. The zero-order valence-electron chi connectivity index (χ0n) is 14.4. The van der Waals surface area contributed by atoms with Crippen molar-refractivity contribution in [2.75, 3.05) is 13.1 Å². The molecule has 1 saturated carbocycles. The second kappa shape index (κ2) is 5.78. The molecule has 128 valence electrons. The number of allylic oxidation sites excluding steroid dienone is 1. The number of amides is 2. The van der Waals surface area contributed by atoms with E-state index in [0.717, 1.165) is 25.0 Å². The minimum Gasteiger partial charge on any atom is -0.398 e. The topological polar surface area (TPSA) is 50.8 Å². The summed E-state index contributed by atoms with van der Waals surface area (Å²) in [6.07, 6.45) is 2.92. The number of carbonyl (C=O) groups is 1. The molecule has 5 nitrogen and oxygen atoms in total. The molecule has 2 saturated heterocycles. The molecule has 23 heavy (non-hydrogen) atoms. The molecule has 2 amide bonds. The van der Waals surface area contributed by atoms with Crippen molar-refractivity contribution in [1.82, 2.24) is 10.2 Å². The molecule has 0 aromatic heterocycles. The molecule has 0 bridgehead atoms. The Kier molecular flexibility index (Phi) is 4.21. The molecule has 0 unspecified atom stereocenters. The van der Waals surface area contributed by atoms with Gasteiger partial charge < -0.3 is 19.5 Å². The van der Waals surface area contributed by atoms with Crippen LogP contribution in [0.15, 0.2) is 11.3 Å². The van der Waals surface area contributed by atoms with E-state index >= 15 is 0 Å². The molecule has 0 aromatic carbocycles. The Morgan fingerprint density at radius 3 is 2.26 bits per heavy atom. The van der Waals surface area contributed by atoms with Gasteiger partial charge in [0.2, 0.25) is 0 Å². The zero-order valence-corrected chi connectivity index (χ0v) is 14.4. The van der Waals surface area contributed by atoms with Crippen LogP contribution >= 0.6 is 0 Å². The maximum absolute atomic E-state index is 14.8. The van der Waals surface area contributed by atoms with Gasteiger partial charge >= 0.3 is 13.1 Å². The summed E-state index contributed by atoms with van der Waals surface area (Å²) in [7, 11) is -0.901. The summed E-state index contributed by atoms with van der Waals surface area (Å²) >= 11 is 0. The summed E-state index contributed by atoms with van der Waals surface area (Å²) in [5.74, 6) is 0. The quantitative estimate of drug-likeness (QED) is 0.795. The van der Waals surface area contributed by atoms with Crippen molar-refractivity contribution in [2.24, 2.45) is 0 Å². The van der Waals surface area contributed by atoms with Crippen molar-refractivity contribution < 1.29 is 18.5 Å². The molecule has 3 aliphatic rings. The summed E-state index contributed by atoms with van der Waals surface area (Å²) in [6.45, 7) is 9.16. The van der Waals surface area contributed by atoms with Crippen molar-refractivity contribution >= 4 is 13.1 Å².